The van der Waals surface area contributed by atoms with E-state index in [0.717, 1.165) is 11.1 Å². The van der Waals surface area contributed by atoms with Gasteiger partial charge in [-0.25, -0.2) is 13.4 Å². The van der Waals surface area contributed by atoms with Crippen molar-refractivity contribution < 1.29 is 13.2 Å². The van der Waals surface area contributed by atoms with E-state index in [9.17, 15) is 13.2 Å². The normalized spacial score (nSPS) is 12.5. The molecule has 3 rings (SSSR count). The fourth-order valence-electron chi connectivity index (χ4n) is 2.73. The third-order valence-electron chi connectivity index (χ3n) is 4.43. The highest BCUT2D eigenvalue weighted by Crippen LogP contribution is 2.26. The van der Waals surface area contributed by atoms with E-state index >= 15 is 0 Å². The van der Waals surface area contributed by atoms with Crippen molar-refractivity contribution in [1.82, 2.24) is 9.71 Å². The SMILES string of the molecule is CSCCC(NS(=O)(=O)c1ccc(C)cc1)C(=O)Nc1nc(-c2ccc(Cl)cc2)cs1. The van der Waals surface area contributed by atoms with Crippen molar-refractivity contribution in [1.29, 1.82) is 0 Å². The number of thioether (sulfide) groups is 1. The zero-order valence-electron chi connectivity index (χ0n) is 17.0. The second kappa shape index (κ2) is 10.6. The maximum absolute atomic E-state index is 12.9. The Morgan fingerprint density at radius 2 is 1.84 bits per heavy atom. The number of sulfonamides is 1. The van der Waals surface area contributed by atoms with Gasteiger partial charge in [0.1, 0.15) is 6.04 Å². The van der Waals surface area contributed by atoms with Gasteiger partial charge in [-0.2, -0.15) is 16.5 Å². The van der Waals surface area contributed by atoms with Gasteiger partial charge in [0.05, 0.1) is 10.6 Å². The van der Waals surface area contributed by atoms with E-state index in [4.69, 9.17) is 11.6 Å². The molecule has 0 fully saturated rings. The molecule has 1 unspecified atom stereocenters. The molecular formula is C21H22ClN3O3S3. The Morgan fingerprint density at radius 3 is 2.48 bits per heavy atom. The molecule has 1 atom stereocenters. The molecule has 1 aromatic heterocycles. The van der Waals surface area contributed by atoms with Crippen LogP contribution in [-0.4, -0.2) is 37.4 Å². The van der Waals surface area contributed by atoms with Crippen LogP contribution in [0.15, 0.2) is 58.8 Å². The molecule has 31 heavy (non-hydrogen) atoms. The number of rotatable bonds is 9. The second-order valence-corrected chi connectivity index (χ2v) is 10.8. The lowest BCUT2D eigenvalue weighted by Gasteiger charge is -2.17. The number of aryl methyl sites for hydroxylation is 1. The first-order valence-electron chi connectivity index (χ1n) is 9.39. The topological polar surface area (TPSA) is 88.2 Å². The highest BCUT2D eigenvalue weighted by atomic mass is 35.5. The van der Waals surface area contributed by atoms with Crippen molar-refractivity contribution in [3.63, 3.8) is 0 Å². The predicted molar refractivity (Wildman–Crippen MR) is 129 cm³/mol. The third kappa shape index (κ3) is 6.54. The van der Waals surface area contributed by atoms with E-state index < -0.39 is 22.0 Å². The molecular weight excluding hydrogens is 474 g/mol. The van der Waals surface area contributed by atoms with Crippen molar-refractivity contribution in [2.45, 2.75) is 24.3 Å². The summed E-state index contributed by atoms with van der Waals surface area (Å²) in [6.07, 6.45) is 2.26. The lowest BCUT2D eigenvalue weighted by Crippen LogP contribution is -2.44. The molecule has 0 saturated heterocycles. The monoisotopic (exact) mass is 495 g/mol. The Bertz CT molecular complexity index is 1130. The van der Waals surface area contributed by atoms with Crippen molar-refractivity contribution in [2.75, 3.05) is 17.3 Å². The number of carbonyl (C=O) groups is 1. The fourth-order valence-corrected chi connectivity index (χ4v) is 5.28. The van der Waals surface area contributed by atoms with E-state index in [-0.39, 0.29) is 4.90 Å². The number of aromatic nitrogens is 1. The summed E-state index contributed by atoms with van der Waals surface area (Å²) >= 11 is 8.74. The van der Waals surface area contributed by atoms with Crippen LogP contribution in [0.4, 0.5) is 5.13 Å². The van der Waals surface area contributed by atoms with Gasteiger partial charge in [-0.1, -0.05) is 41.4 Å². The number of amides is 1. The number of halogens is 1. The number of nitrogens with one attached hydrogen (secondary N) is 2. The zero-order chi connectivity index (χ0) is 22.4. The Morgan fingerprint density at radius 1 is 1.16 bits per heavy atom. The summed E-state index contributed by atoms with van der Waals surface area (Å²) in [7, 11) is -3.84. The van der Waals surface area contributed by atoms with Gasteiger partial charge in [0.25, 0.3) is 0 Å². The van der Waals surface area contributed by atoms with E-state index in [1.165, 1.54) is 23.5 Å². The molecule has 0 bridgehead atoms. The Labute approximate surface area is 195 Å². The van der Waals surface area contributed by atoms with E-state index in [1.807, 2.05) is 30.7 Å². The summed E-state index contributed by atoms with van der Waals surface area (Å²) in [5.74, 6) is 0.185. The van der Waals surface area contributed by atoms with Crippen LogP contribution in [-0.2, 0) is 14.8 Å². The van der Waals surface area contributed by atoms with Gasteiger partial charge in [-0.3, -0.25) is 4.79 Å². The molecule has 2 N–H and O–H groups in total. The molecule has 10 heteroatoms. The number of hydrogen-bond acceptors (Lipinski definition) is 6. The van der Waals surface area contributed by atoms with Gasteiger partial charge in [-0.05, 0) is 49.6 Å². The van der Waals surface area contributed by atoms with Crippen molar-refractivity contribution in [3.8, 4) is 11.3 Å². The highest BCUT2D eigenvalue weighted by molar-refractivity contribution is 7.98. The average molecular weight is 496 g/mol. The van der Waals surface area contributed by atoms with Gasteiger partial charge in [0.2, 0.25) is 15.9 Å². The van der Waals surface area contributed by atoms with E-state index in [0.29, 0.717) is 28.0 Å². The van der Waals surface area contributed by atoms with Crippen LogP contribution in [0.5, 0.6) is 0 Å². The quantitative estimate of drug-likeness (QED) is 0.444. The van der Waals surface area contributed by atoms with Crippen LogP contribution in [0.1, 0.15) is 12.0 Å². The molecule has 0 saturated carbocycles. The summed E-state index contributed by atoms with van der Waals surface area (Å²) in [6.45, 7) is 1.88. The average Bonchev–Trinajstić information content (AvgIpc) is 3.20. The van der Waals surface area contributed by atoms with Gasteiger partial charge in [-0.15, -0.1) is 11.3 Å². The van der Waals surface area contributed by atoms with Gasteiger partial charge in [0.15, 0.2) is 5.13 Å². The van der Waals surface area contributed by atoms with Crippen LogP contribution in [0.2, 0.25) is 5.02 Å². The number of thiazole rings is 1. The van der Waals surface area contributed by atoms with Crippen molar-refractivity contribution in [3.05, 3.63) is 64.5 Å². The number of benzene rings is 2. The largest absolute Gasteiger partial charge is 0.301 e. The minimum atomic E-state index is -3.84. The molecule has 1 heterocycles. The predicted octanol–water partition coefficient (Wildman–Crippen LogP) is 4.81. The summed E-state index contributed by atoms with van der Waals surface area (Å²) in [5.41, 5.74) is 2.54. The summed E-state index contributed by atoms with van der Waals surface area (Å²) in [4.78, 5) is 17.4. The maximum Gasteiger partial charge on any atom is 0.244 e. The molecule has 1 amide bonds. The second-order valence-electron chi connectivity index (χ2n) is 6.80. The third-order valence-corrected chi connectivity index (χ3v) is 7.57. The van der Waals surface area contributed by atoms with Crippen LogP contribution in [0, 0.1) is 6.92 Å². The van der Waals surface area contributed by atoms with Crippen LogP contribution >= 0.6 is 34.7 Å². The molecule has 0 aliphatic heterocycles. The van der Waals surface area contributed by atoms with Crippen LogP contribution < -0.4 is 10.0 Å². The van der Waals surface area contributed by atoms with Crippen LogP contribution in [0.3, 0.4) is 0 Å². The Balaban J connectivity index is 1.74. The molecule has 2 aromatic carbocycles. The van der Waals surface area contributed by atoms with E-state index in [2.05, 4.69) is 15.0 Å². The van der Waals surface area contributed by atoms with Crippen molar-refractivity contribution in [2.24, 2.45) is 0 Å². The number of anilines is 1. The summed E-state index contributed by atoms with van der Waals surface area (Å²) < 4.78 is 28.1. The fraction of sp³-hybridized carbons (Fsp3) is 0.238. The lowest BCUT2D eigenvalue weighted by atomic mass is 10.2. The lowest BCUT2D eigenvalue weighted by molar-refractivity contribution is -0.117. The zero-order valence-corrected chi connectivity index (χ0v) is 20.2. The van der Waals surface area contributed by atoms with Gasteiger partial charge >= 0.3 is 0 Å². The number of hydrogen-bond donors (Lipinski definition) is 2. The van der Waals surface area contributed by atoms with Gasteiger partial charge in [0, 0.05) is 16.0 Å². The minimum absolute atomic E-state index is 0.124. The minimum Gasteiger partial charge on any atom is -0.301 e. The molecule has 0 aliphatic carbocycles. The standard InChI is InChI=1S/C21H22ClN3O3S3/c1-14-3-9-17(10-4-14)31(27,28)25-18(11-12-29-2)20(26)24-21-23-19(13-30-21)15-5-7-16(22)8-6-15/h3-10,13,18,25H,11-12H2,1-2H3,(H,23,24,26). The molecule has 164 valence electrons. The first-order valence-corrected chi connectivity index (χ1v) is 13.5. The summed E-state index contributed by atoms with van der Waals surface area (Å²) in [6, 6.07) is 12.8. The Hall–Kier alpha value is -1.91. The smallest absolute Gasteiger partial charge is 0.244 e. The first kappa shape index (κ1) is 23.7. The Kier molecular flexibility index (Phi) is 8.12. The highest BCUT2D eigenvalue weighted by Gasteiger charge is 2.26. The molecule has 0 radical (unpaired) electrons. The summed E-state index contributed by atoms with van der Waals surface area (Å²) in [5, 5.41) is 5.60. The molecule has 3 aromatic rings. The number of carbonyl (C=O) groups excluding carboxylic acids is 1. The molecule has 6 nitrogen and oxygen atoms in total. The van der Waals surface area contributed by atoms with Crippen molar-refractivity contribution >= 4 is 55.8 Å². The van der Waals surface area contributed by atoms with E-state index in [1.54, 1.807) is 36.0 Å². The maximum atomic E-state index is 12.9. The van der Waals surface area contributed by atoms with Crippen LogP contribution in [0.25, 0.3) is 11.3 Å². The van der Waals surface area contributed by atoms with Gasteiger partial charge < -0.3 is 5.32 Å². The first-order chi connectivity index (χ1) is 14.8. The molecule has 0 aliphatic rings. The number of nitrogens with zero attached hydrogens (tertiary/aromatic N) is 1. The molecule has 0 spiro atoms.